The summed E-state index contributed by atoms with van der Waals surface area (Å²) in [5.74, 6) is -0.436. The van der Waals surface area contributed by atoms with Crippen molar-refractivity contribution < 1.29 is 25.8 Å². The second-order valence-electron chi connectivity index (χ2n) is 6.68. The average Bonchev–Trinajstić information content (AvgIpc) is 2.75. The van der Waals surface area contributed by atoms with Crippen molar-refractivity contribution in [3.8, 4) is 28.0 Å². The second kappa shape index (κ2) is 8.01. The summed E-state index contributed by atoms with van der Waals surface area (Å²) in [4.78, 5) is 0. The van der Waals surface area contributed by atoms with Gasteiger partial charge in [-0.05, 0) is 49.6 Å². The minimum atomic E-state index is -5.83. The van der Waals surface area contributed by atoms with E-state index >= 15 is 0 Å². The van der Waals surface area contributed by atoms with E-state index < -0.39 is 21.4 Å². The first-order valence-corrected chi connectivity index (χ1v) is 11.3. The molecule has 0 fully saturated rings. The summed E-state index contributed by atoms with van der Waals surface area (Å²) in [6, 6.07) is 25.2. The summed E-state index contributed by atoms with van der Waals surface area (Å²) in [6.07, 6.45) is 0. The SMILES string of the molecule is O=S(=O)(Oc1cc(-c2ccccc2)c2c(-c3ccccc3)cccc2c1Br)C(F)(F)F. The first-order valence-electron chi connectivity index (χ1n) is 9.06. The molecule has 0 atom stereocenters. The molecular formula is C23H14BrF3O3S. The highest BCUT2D eigenvalue weighted by atomic mass is 79.9. The van der Waals surface area contributed by atoms with Crippen molar-refractivity contribution in [2.75, 3.05) is 0 Å². The standard InChI is InChI=1S/C23H14BrF3O3S/c24-22-18-13-7-12-17(15-8-3-1-4-9-15)21(18)19(16-10-5-2-6-11-16)14-20(22)30-31(28,29)23(25,26)27/h1-14H. The molecule has 0 saturated carbocycles. The molecular weight excluding hydrogens is 493 g/mol. The van der Waals surface area contributed by atoms with Gasteiger partial charge in [0.2, 0.25) is 0 Å². The highest BCUT2D eigenvalue weighted by Gasteiger charge is 2.49. The molecule has 0 unspecified atom stereocenters. The van der Waals surface area contributed by atoms with Crippen LogP contribution in [-0.4, -0.2) is 13.9 Å². The lowest BCUT2D eigenvalue weighted by Crippen LogP contribution is -2.28. The zero-order valence-electron chi connectivity index (χ0n) is 15.7. The van der Waals surface area contributed by atoms with Crippen LogP contribution in [0.5, 0.6) is 5.75 Å². The largest absolute Gasteiger partial charge is 0.534 e. The number of halogens is 4. The van der Waals surface area contributed by atoms with Crippen LogP contribution in [0.3, 0.4) is 0 Å². The quantitative estimate of drug-likeness (QED) is 0.217. The smallest absolute Gasteiger partial charge is 0.375 e. The zero-order valence-corrected chi connectivity index (χ0v) is 18.1. The average molecular weight is 507 g/mol. The van der Waals surface area contributed by atoms with Crippen LogP contribution in [0.25, 0.3) is 33.0 Å². The van der Waals surface area contributed by atoms with Crippen LogP contribution in [0.1, 0.15) is 0 Å². The number of rotatable bonds is 4. The van der Waals surface area contributed by atoms with Crippen LogP contribution in [0.15, 0.2) is 89.4 Å². The van der Waals surface area contributed by atoms with E-state index in [2.05, 4.69) is 20.1 Å². The van der Waals surface area contributed by atoms with Crippen molar-refractivity contribution in [1.82, 2.24) is 0 Å². The lowest BCUT2D eigenvalue weighted by Gasteiger charge is -2.18. The van der Waals surface area contributed by atoms with Crippen molar-refractivity contribution in [2.24, 2.45) is 0 Å². The Bertz CT molecular complexity index is 1350. The van der Waals surface area contributed by atoms with E-state index in [4.69, 9.17) is 0 Å². The Morgan fingerprint density at radius 2 is 1.29 bits per heavy atom. The minimum Gasteiger partial charge on any atom is -0.375 e. The summed E-state index contributed by atoms with van der Waals surface area (Å²) < 4.78 is 66.8. The van der Waals surface area contributed by atoms with E-state index in [0.29, 0.717) is 16.5 Å². The lowest BCUT2D eigenvalue weighted by molar-refractivity contribution is -0.0500. The molecule has 0 amide bonds. The summed E-state index contributed by atoms with van der Waals surface area (Å²) in [5, 5.41) is 1.28. The maximum atomic E-state index is 12.9. The number of alkyl halides is 3. The van der Waals surface area contributed by atoms with Crippen molar-refractivity contribution in [1.29, 1.82) is 0 Å². The molecule has 8 heteroatoms. The maximum absolute atomic E-state index is 12.9. The molecule has 4 aromatic rings. The number of fused-ring (bicyclic) bond motifs is 1. The van der Waals surface area contributed by atoms with Crippen LogP contribution in [0.2, 0.25) is 0 Å². The second-order valence-corrected chi connectivity index (χ2v) is 9.01. The van der Waals surface area contributed by atoms with Gasteiger partial charge in [-0.1, -0.05) is 78.9 Å². The summed E-state index contributed by atoms with van der Waals surface area (Å²) in [7, 11) is -5.83. The molecule has 0 N–H and O–H groups in total. The lowest BCUT2D eigenvalue weighted by atomic mass is 9.91. The Hall–Kier alpha value is -2.84. The van der Waals surface area contributed by atoms with Crippen molar-refractivity contribution in [3.05, 3.63) is 89.4 Å². The molecule has 0 aliphatic heterocycles. The predicted molar refractivity (Wildman–Crippen MR) is 118 cm³/mol. The molecule has 4 aromatic carbocycles. The Morgan fingerprint density at radius 3 is 1.84 bits per heavy atom. The fourth-order valence-corrected chi connectivity index (χ4v) is 4.45. The highest BCUT2D eigenvalue weighted by Crippen LogP contribution is 2.45. The molecule has 158 valence electrons. The maximum Gasteiger partial charge on any atom is 0.534 e. The van der Waals surface area contributed by atoms with Gasteiger partial charge in [-0.25, -0.2) is 0 Å². The third-order valence-electron chi connectivity index (χ3n) is 4.71. The van der Waals surface area contributed by atoms with Gasteiger partial charge in [0.05, 0.1) is 4.47 Å². The third-order valence-corrected chi connectivity index (χ3v) is 6.50. The Kier molecular flexibility index (Phi) is 5.53. The summed E-state index contributed by atoms with van der Waals surface area (Å²) >= 11 is 3.26. The molecule has 0 heterocycles. The number of hydrogen-bond acceptors (Lipinski definition) is 3. The molecule has 0 radical (unpaired) electrons. The third kappa shape index (κ3) is 4.05. The topological polar surface area (TPSA) is 43.4 Å². The van der Waals surface area contributed by atoms with E-state index in [1.54, 1.807) is 36.4 Å². The van der Waals surface area contributed by atoms with Crippen LogP contribution < -0.4 is 4.18 Å². The van der Waals surface area contributed by atoms with Gasteiger partial charge in [-0.2, -0.15) is 21.6 Å². The molecule has 31 heavy (non-hydrogen) atoms. The first-order chi connectivity index (χ1) is 14.7. The highest BCUT2D eigenvalue weighted by molar-refractivity contribution is 9.10. The van der Waals surface area contributed by atoms with E-state index in [1.165, 1.54) is 6.07 Å². The van der Waals surface area contributed by atoms with Gasteiger partial charge < -0.3 is 4.18 Å². The van der Waals surface area contributed by atoms with Crippen LogP contribution >= 0.6 is 15.9 Å². The Labute approximate surface area is 185 Å². The molecule has 3 nitrogen and oxygen atoms in total. The zero-order chi connectivity index (χ0) is 22.2. The van der Waals surface area contributed by atoms with Gasteiger partial charge in [0.1, 0.15) is 0 Å². The van der Waals surface area contributed by atoms with E-state index in [1.807, 2.05) is 42.5 Å². The molecule has 0 aliphatic carbocycles. The Balaban J connectivity index is 2.06. The number of hydrogen-bond donors (Lipinski definition) is 0. The predicted octanol–water partition coefficient (Wildman–Crippen LogP) is 7.16. The molecule has 4 rings (SSSR count). The van der Waals surface area contributed by atoms with Gasteiger partial charge in [-0.15, -0.1) is 0 Å². The van der Waals surface area contributed by atoms with Crippen LogP contribution in [-0.2, 0) is 10.1 Å². The van der Waals surface area contributed by atoms with Crippen molar-refractivity contribution in [3.63, 3.8) is 0 Å². The summed E-state index contributed by atoms with van der Waals surface area (Å²) in [5.41, 5.74) is -2.53. The molecule has 0 saturated heterocycles. The minimum absolute atomic E-state index is 0.118. The van der Waals surface area contributed by atoms with Gasteiger partial charge in [0, 0.05) is 5.39 Å². The van der Waals surface area contributed by atoms with E-state index in [-0.39, 0.29) is 4.47 Å². The fourth-order valence-electron chi connectivity index (χ4n) is 3.35. The van der Waals surface area contributed by atoms with Gasteiger partial charge >= 0.3 is 15.6 Å². The van der Waals surface area contributed by atoms with E-state index in [0.717, 1.165) is 16.5 Å². The van der Waals surface area contributed by atoms with Gasteiger partial charge in [-0.3, -0.25) is 0 Å². The van der Waals surface area contributed by atoms with Crippen molar-refractivity contribution in [2.45, 2.75) is 5.51 Å². The van der Waals surface area contributed by atoms with Gasteiger partial charge in [0.15, 0.2) is 5.75 Å². The fraction of sp³-hybridized carbons (Fsp3) is 0.0435. The van der Waals surface area contributed by atoms with E-state index in [9.17, 15) is 21.6 Å². The Morgan fingerprint density at radius 1 is 0.742 bits per heavy atom. The molecule has 0 bridgehead atoms. The summed E-state index contributed by atoms with van der Waals surface area (Å²) in [6.45, 7) is 0. The van der Waals surface area contributed by atoms with Gasteiger partial charge in [0.25, 0.3) is 0 Å². The normalized spacial score (nSPS) is 12.1. The molecule has 0 spiro atoms. The van der Waals surface area contributed by atoms with Crippen LogP contribution in [0.4, 0.5) is 13.2 Å². The monoisotopic (exact) mass is 506 g/mol. The molecule has 0 aromatic heterocycles. The molecule has 0 aliphatic rings. The van der Waals surface area contributed by atoms with Crippen LogP contribution in [0, 0.1) is 0 Å². The number of benzene rings is 4. The van der Waals surface area contributed by atoms with Crippen molar-refractivity contribution >= 4 is 36.8 Å². The first kappa shape index (κ1) is 21.4.